The summed E-state index contributed by atoms with van der Waals surface area (Å²) in [6, 6.07) is 4.75. The summed E-state index contributed by atoms with van der Waals surface area (Å²) >= 11 is 0. The van der Waals surface area contributed by atoms with Crippen molar-refractivity contribution in [2.75, 3.05) is 13.2 Å². The van der Waals surface area contributed by atoms with Crippen molar-refractivity contribution < 1.29 is 9.84 Å². The van der Waals surface area contributed by atoms with Crippen molar-refractivity contribution in [2.24, 2.45) is 5.92 Å². The molecule has 1 aliphatic heterocycles. The van der Waals surface area contributed by atoms with E-state index in [0.717, 1.165) is 25.2 Å². The number of aliphatic hydroxyl groups is 1. The Morgan fingerprint density at radius 1 is 1.17 bits per heavy atom. The van der Waals surface area contributed by atoms with Gasteiger partial charge in [0.2, 0.25) is 0 Å². The van der Waals surface area contributed by atoms with Gasteiger partial charge in [-0.1, -0.05) is 59.1 Å². The monoisotopic (exact) mass is 316 g/mol. The lowest BCUT2D eigenvalue weighted by atomic mass is 9.81. The van der Waals surface area contributed by atoms with Gasteiger partial charge in [0.25, 0.3) is 0 Å². The second-order valence-electron chi connectivity index (χ2n) is 8.50. The number of ether oxygens (including phenoxy) is 1. The summed E-state index contributed by atoms with van der Waals surface area (Å²) in [6.07, 6.45) is 7.37. The molecule has 3 rings (SSSR count). The van der Waals surface area contributed by atoms with Crippen molar-refractivity contribution in [3.05, 3.63) is 28.8 Å². The molecule has 0 saturated heterocycles. The summed E-state index contributed by atoms with van der Waals surface area (Å²) in [6.45, 7) is 10.2. The van der Waals surface area contributed by atoms with E-state index in [-0.39, 0.29) is 10.8 Å². The fraction of sp³-hybridized carbons (Fsp3) is 0.714. The van der Waals surface area contributed by atoms with Crippen LogP contribution in [0, 0.1) is 5.92 Å². The maximum atomic E-state index is 9.54. The lowest BCUT2D eigenvalue weighted by molar-refractivity contribution is 0.265. The van der Waals surface area contributed by atoms with Crippen molar-refractivity contribution in [3.63, 3.8) is 0 Å². The predicted molar refractivity (Wildman–Crippen MR) is 95.4 cm³/mol. The number of fused-ring (bicyclic) bond motifs is 1. The van der Waals surface area contributed by atoms with E-state index in [1.807, 2.05) is 0 Å². The molecule has 0 unspecified atom stereocenters. The van der Waals surface area contributed by atoms with Crippen LogP contribution in [0.1, 0.15) is 76.5 Å². The average Bonchev–Trinajstić information content (AvgIpc) is 3.11. The Morgan fingerprint density at radius 3 is 2.61 bits per heavy atom. The molecule has 1 aliphatic carbocycles. The maximum Gasteiger partial charge on any atom is 0.126 e. The molecule has 128 valence electrons. The zero-order chi connectivity index (χ0) is 16.7. The highest BCUT2D eigenvalue weighted by atomic mass is 16.5. The third kappa shape index (κ3) is 3.03. The first-order valence-electron chi connectivity index (χ1n) is 9.34. The summed E-state index contributed by atoms with van der Waals surface area (Å²) in [5, 5.41) is 9.54. The van der Waals surface area contributed by atoms with Crippen LogP contribution in [0.2, 0.25) is 0 Å². The molecule has 1 saturated carbocycles. The van der Waals surface area contributed by atoms with Crippen molar-refractivity contribution in [3.8, 4) is 5.75 Å². The molecule has 2 aliphatic rings. The van der Waals surface area contributed by atoms with Crippen LogP contribution in [-0.4, -0.2) is 18.3 Å². The summed E-state index contributed by atoms with van der Waals surface area (Å²) in [5.74, 6) is 1.58. The smallest absolute Gasteiger partial charge is 0.126 e. The molecule has 1 heterocycles. The van der Waals surface area contributed by atoms with E-state index in [4.69, 9.17) is 4.74 Å². The highest BCUT2D eigenvalue weighted by molar-refractivity contribution is 5.53. The van der Waals surface area contributed by atoms with Crippen molar-refractivity contribution in [1.82, 2.24) is 0 Å². The average molecular weight is 316 g/mol. The standard InChI is InChI=1S/C21H32O2/c1-5-6-7-8-9-15-10-16(21(4)12-17(21)13-22)11-18-19(15)23-14-20(18,2)3/h10-11,17,22H,5-9,12-14H2,1-4H3/t17-,21-/m1/s1. The molecule has 1 aromatic rings. The zero-order valence-electron chi connectivity index (χ0n) is 15.2. The topological polar surface area (TPSA) is 29.5 Å². The molecule has 2 atom stereocenters. The summed E-state index contributed by atoms with van der Waals surface area (Å²) in [4.78, 5) is 0. The molecule has 0 bridgehead atoms. The SMILES string of the molecule is CCCCCCc1cc([C@@]2(C)C[C@@H]2CO)cc2c1OCC2(C)C. The summed E-state index contributed by atoms with van der Waals surface area (Å²) in [7, 11) is 0. The first-order valence-corrected chi connectivity index (χ1v) is 9.34. The molecule has 0 spiro atoms. The fourth-order valence-electron chi connectivity index (χ4n) is 4.02. The number of hydrogen-bond acceptors (Lipinski definition) is 2. The molecular weight excluding hydrogens is 284 g/mol. The molecule has 0 aromatic heterocycles. The first-order chi connectivity index (χ1) is 10.9. The minimum atomic E-state index is 0.101. The predicted octanol–water partition coefficient (Wildman–Crippen LogP) is 4.75. The molecule has 1 aromatic carbocycles. The molecule has 1 N–H and O–H groups in total. The van der Waals surface area contributed by atoms with Gasteiger partial charge in [-0.05, 0) is 41.7 Å². The van der Waals surface area contributed by atoms with Crippen molar-refractivity contribution in [2.45, 2.75) is 77.0 Å². The van der Waals surface area contributed by atoms with Crippen LogP contribution in [0.25, 0.3) is 0 Å². The molecule has 0 amide bonds. The van der Waals surface area contributed by atoms with Gasteiger partial charge in [-0.3, -0.25) is 0 Å². The lowest BCUT2D eigenvalue weighted by Crippen LogP contribution is -2.19. The molecule has 23 heavy (non-hydrogen) atoms. The van der Waals surface area contributed by atoms with Gasteiger partial charge in [0.1, 0.15) is 5.75 Å². The Labute approximate surface area is 141 Å². The Balaban J connectivity index is 1.90. The lowest BCUT2D eigenvalue weighted by Gasteiger charge is -2.20. The number of benzene rings is 1. The fourth-order valence-corrected chi connectivity index (χ4v) is 4.02. The van der Waals surface area contributed by atoms with Gasteiger partial charge in [0, 0.05) is 17.6 Å². The van der Waals surface area contributed by atoms with Crippen LogP contribution in [0.15, 0.2) is 12.1 Å². The molecular formula is C21H32O2. The highest BCUT2D eigenvalue weighted by Gasteiger charge is 2.51. The number of rotatable bonds is 7. The van der Waals surface area contributed by atoms with E-state index in [1.54, 1.807) is 0 Å². The normalized spacial score (nSPS) is 27.6. The van der Waals surface area contributed by atoms with E-state index in [0.29, 0.717) is 12.5 Å². The number of aryl methyl sites for hydroxylation is 1. The quantitative estimate of drug-likeness (QED) is 0.736. The minimum Gasteiger partial charge on any atom is -0.492 e. The van der Waals surface area contributed by atoms with E-state index in [2.05, 4.69) is 39.8 Å². The summed E-state index contributed by atoms with van der Waals surface area (Å²) in [5.41, 5.74) is 4.46. The summed E-state index contributed by atoms with van der Waals surface area (Å²) < 4.78 is 6.09. The van der Waals surface area contributed by atoms with Gasteiger partial charge >= 0.3 is 0 Å². The number of aliphatic hydroxyl groups excluding tert-OH is 1. The third-order valence-electron chi connectivity index (χ3n) is 6.06. The Hall–Kier alpha value is -1.02. The van der Waals surface area contributed by atoms with Crippen molar-refractivity contribution in [1.29, 1.82) is 0 Å². The Kier molecular flexibility index (Phi) is 4.48. The van der Waals surface area contributed by atoms with Crippen molar-refractivity contribution >= 4 is 0 Å². The highest BCUT2D eigenvalue weighted by Crippen LogP contribution is 2.55. The van der Waals surface area contributed by atoms with E-state index in [9.17, 15) is 5.11 Å². The number of hydrogen-bond donors (Lipinski definition) is 1. The van der Waals surface area contributed by atoms with Crippen LogP contribution in [-0.2, 0) is 17.3 Å². The zero-order valence-corrected chi connectivity index (χ0v) is 15.2. The van der Waals surface area contributed by atoms with Crippen LogP contribution in [0.5, 0.6) is 5.75 Å². The van der Waals surface area contributed by atoms with Crippen LogP contribution in [0.4, 0.5) is 0 Å². The van der Waals surface area contributed by atoms with Crippen LogP contribution in [0.3, 0.4) is 0 Å². The number of unbranched alkanes of at least 4 members (excludes halogenated alkanes) is 3. The largest absolute Gasteiger partial charge is 0.492 e. The van der Waals surface area contributed by atoms with Gasteiger partial charge in [-0.25, -0.2) is 0 Å². The van der Waals surface area contributed by atoms with E-state index in [1.165, 1.54) is 42.4 Å². The first kappa shape index (κ1) is 16.8. The Morgan fingerprint density at radius 2 is 1.96 bits per heavy atom. The van der Waals surface area contributed by atoms with Crippen LogP contribution < -0.4 is 4.74 Å². The van der Waals surface area contributed by atoms with Gasteiger partial charge in [-0.15, -0.1) is 0 Å². The second kappa shape index (κ2) is 6.12. The minimum absolute atomic E-state index is 0.101. The van der Waals surface area contributed by atoms with Gasteiger partial charge in [0.05, 0.1) is 6.61 Å². The van der Waals surface area contributed by atoms with E-state index < -0.39 is 0 Å². The van der Waals surface area contributed by atoms with Gasteiger partial charge in [-0.2, -0.15) is 0 Å². The Bertz CT molecular complexity index is 575. The second-order valence-corrected chi connectivity index (χ2v) is 8.50. The van der Waals surface area contributed by atoms with E-state index >= 15 is 0 Å². The molecule has 1 fully saturated rings. The maximum absolute atomic E-state index is 9.54. The van der Waals surface area contributed by atoms with Crippen LogP contribution >= 0.6 is 0 Å². The van der Waals surface area contributed by atoms with Gasteiger partial charge in [0.15, 0.2) is 0 Å². The molecule has 2 nitrogen and oxygen atoms in total. The third-order valence-corrected chi connectivity index (χ3v) is 6.06. The van der Waals surface area contributed by atoms with Gasteiger partial charge < -0.3 is 9.84 Å². The molecule has 0 radical (unpaired) electrons. The molecule has 2 heteroatoms.